The molecule has 124 valence electrons. The van der Waals surface area contributed by atoms with Crippen LogP contribution in [0.15, 0.2) is 42.1 Å². The molecule has 0 amide bonds. The number of hydrogen-bond acceptors (Lipinski definition) is 6. The maximum Gasteiger partial charge on any atom is 0.332 e. The molecule has 0 saturated carbocycles. The van der Waals surface area contributed by atoms with Gasteiger partial charge in [-0.3, -0.25) is 4.79 Å². The molecule has 1 aromatic carbocycles. The SMILES string of the molecule is COC(=O)/C=C1\C(C)OC(CC(=O)OC)N1Cc1ccccc1. The quantitative estimate of drug-likeness (QED) is 0.610. The van der Waals surface area contributed by atoms with Gasteiger partial charge in [0.1, 0.15) is 6.23 Å². The minimum atomic E-state index is -0.478. The zero-order valence-electron chi connectivity index (χ0n) is 13.5. The lowest BCUT2D eigenvalue weighted by Gasteiger charge is -2.25. The van der Waals surface area contributed by atoms with E-state index >= 15 is 0 Å². The molecule has 6 nitrogen and oxygen atoms in total. The van der Waals surface area contributed by atoms with Crippen molar-refractivity contribution in [3.8, 4) is 0 Å². The van der Waals surface area contributed by atoms with Gasteiger partial charge >= 0.3 is 11.9 Å². The summed E-state index contributed by atoms with van der Waals surface area (Å²) in [5, 5.41) is 0. The van der Waals surface area contributed by atoms with Crippen LogP contribution in [0.1, 0.15) is 18.9 Å². The number of nitrogens with zero attached hydrogens (tertiary/aromatic N) is 1. The minimum Gasteiger partial charge on any atom is -0.469 e. The van der Waals surface area contributed by atoms with Crippen LogP contribution in [0.3, 0.4) is 0 Å². The van der Waals surface area contributed by atoms with E-state index in [2.05, 4.69) is 0 Å². The van der Waals surface area contributed by atoms with Crippen LogP contribution < -0.4 is 0 Å². The summed E-state index contributed by atoms with van der Waals surface area (Å²) in [4.78, 5) is 25.1. The van der Waals surface area contributed by atoms with Crippen molar-refractivity contribution in [2.75, 3.05) is 14.2 Å². The van der Waals surface area contributed by atoms with E-state index in [0.717, 1.165) is 5.56 Å². The maximum atomic E-state index is 11.6. The molecule has 1 fully saturated rings. The number of methoxy groups -OCH3 is 2. The van der Waals surface area contributed by atoms with Gasteiger partial charge in [0.05, 0.1) is 32.4 Å². The van der Waals surface area contributed by atoms with Crippen LogP contribution in [0.4, 0.5) is 0 Å². The normalized spacial score (nSPS) is 22.2. The lowest BCUT2D eigenvalue weighted by atomic mass is 10.1. The lowest BCUT2D eigenvalue weighted by Crippen LogP contribution is -2.31. The summed E-state index contributed by atoms with van der Waals surface area (Å²) >= 11 is 0. The highest BCUT2D eigenvalue weighted by Crippen LogP contribution is 2.30. The third-order valence-corrected chi connectivity index (χ3v) is 3.69. The predicted octanol–water partition coefficient (Wildman–Crippen LogP) is 1.85. The van der Waals surface area contributed by atoms with Crippen LogP contribution in [-0.2, 0) is 30.3 Å². The topological polar surface area (TPSA) is 65.1 Å². The number of hydrogen-bond donors (Lipinski definition) is 0. The standard InChI is InChI=1S/C17H21NO5/c1-12-14(9-16(19)21-2)18(11-13-7-5-4-6-8-13)15(23-12)10-17(20)22-3/h4-9,12,15H,10-11H2,1-3H3/b14-9+. The van der Waals surface area contributed by atoms with Crippen LogP contribution in [0.25, 0.3) is 0 Å². The molecule has 2 atom stereocenters. The fraction of sp³-hybridized carbons (Fsp3) is 0.412. The van der Waals surface area contributed by atoms with E-state index in [0.29, 0.717) is 12.2 Å². The first kappa shape index (κ1) is 17.0. The van der Waals surface area contributed by atoms with Gasteiger partial charge in [0.15, 0.2) is 0 Å². The highest BCUT2D eigenvalue weighted by atomic mass is 16.5. The van der Waals surface area contributed by atoms with E-state index in [1.54, 1.807) is 0 Å². The van der Waals surface area contributed by atoms with Crippen molar-refractivity contribution in [3.05, 3.63) is 47.7 Å². The molecule has 0 bridgehead atoms. The second-order valence-corrected chi connectivity index (χ2v) is 5.22. The molecule has 1 aliphatic heterocycles. The van der Waals surface area contributed by atoms with Gasteiger partial charge in [-0.15, -0.1) is 0 Å². The van der Waals surface area contributed by atoms with Gasteiger partial charge in [0.2, 0.25) is 0 Å². The molecular formula is C17H21NO5. The first-order chi connectivity index (χ1) is 11.0. The average Bonchev–Trinajstić information content (AvgIpc) is 2.83. The second kappa shape index (κ2) is 7.78. The zero-order chi connectivity index (χ0) is 16.8. The minimum absolute atomic E-state index is 0.0895. The average molecular weight is 319 g/mol. The Morgan fingerprint density at radius 1 is 1.22 bits per heavy atom. The summed E-state index contributed by atoms with van der Waals surface area (Å²) in [7, 11) is 2.67. The molecule has 1 aliphatic rings. The third-order valence-electron chi connectivity index (χ3n) is 3.69. The van der Waals surface area contributed by atoms with Gasteiger partial charge in [0.25, 0.3) is 0 Å². The van der Waals surface area contributed by atoms with Gasteiger partial charge in [-0.25, -0.2) is 4.79 Å². The Hall–Kier alpha value is -2.34. The van der Waals surface area contributed by atoms with Gasteiger partial charge in [-0.2, -0.15) is 0 Å². The zero-order valence-corrected chi connectivity index (χ0v) is 13.5. The van der Waals surface area contributed by atoms with Crippen LogP contribution in [0.2, 0.25) is 0 Å². The van der Waals surface area contributed by atoms with Gasteiger partial charge in [-0.1, -0.05) is 30.3 Å². The van der Waals surface area contributed by atoms with Crippen molar-refractivity contribution in [2.45, 2.75) is 32.2 Å². The number of rotatable bonds is 5. The monoisotopic (exact) mass is 319 g/mol. The maximum absolute atomic E-state index is 11.6. The molecule has 0 aliphatic carbocycles. The number of carbonyl (C=O) groups is 2. The first-order valence-corrected chi connectivity index (χ1v) is 7.37. The van der Waals surface area contributed by atoms with Crippen molar-refractivity contribution in [1.82, 2.24) is 4.90 Å². The van der Waals surface area contributed by atoms with E-state index in [1.807, 2.05) is 42.2 Å². The summed E-state index contributed by atoms with van der Waals surface area (Å²) in [6.45, 7) is 2.36. The Bertz CT molecular complexity index is 584. The van der Waals surface area contributed by atoms with Crippen LogP contribution >= 0.6 is 0 Å². The lowest BCUT2D eigenvalue weighted by molar-refractivity contribution is -0.145. The summed E-state index contributed by atoms with van der Waals surface area (Å²) in [5.74, 6) is -0.813. The van der Waals surface area contributed by atoms with Gasteiger partial charge in [0, 0.05) is 12.6 Å². The molecular weight excluding hydrogens is 298 g/mol. The third kappa shape index (κ3) is 4.32. The van der Waals surface area contributed by atoms with Crippen molar-refractivity contribution < 1.29 is 23.8 Å². The Morgan fingerprint density at radius 3 is 2.52 bits per heavy atom. The molecule has 1 aromatic rings. The second-order valence-electron chi connectivity index (χ2n) is 5.22. The summed E-state index contributed by atoms with van der Waals surface area (Å²) in [5.41, 5.74) is 1.74. The molecule has 0 spiro atoms. The van der Waals surface area contributed by atoms with E-state index < -0.39 is 12.2 Å². The first-order valence-electron chi connectivity index (χ1n) is 7.37. The predicted molar refractivity (Wildman–Crippen MR) is 83.1 cm³/mol. The number of benzene rings is 1. The van der Waals surface area contributed by atoms with E-state index in [9.17, 15) is 9.59 Å². The van der Waals surface area contributed by atoms with E-state index in [1.165, 1.54) is 20.3 Å². The van der Waals surface area contributed by atoms with Crippen LogP contribution in [0.5, 0.6) is 0 Å². The van der Waals surface area contributed by atoms with E-state index in [4.69, 9.17) is 14.2 Å². The molecule has 1 heterocycles. The molecule has 23 heavy (non-hydrogen) atoms. The Labute approximate surface area is 135 Å². The molecule has 0 aromatic heterocycles. The molecule has 2 rings (SSSR count). The molecule has 2 unspecified atom stereocenters. The fourth-order valence-electron chi connectivity index (χ4n) is 2.52. The summed E-state index contributed by atoms with van der Waals surface area (Å²) in [6.07, 6.45) is 0.706. The van der Waals surface area contributed by atoms with Gasteiger partial charge in [-0.05, 0) is 12.5 Å². The number of carbonyl (C=O) groups excluding carboxylic acids is 2. The van der Waals surface area contributed by atoms with Crippen LogP contribution in [0, 0.1) is 0 Å². The molecule has 1 saturated heterocycles. The Kier molecular flexibility index (Phi) is 5.76. The van der Waals surface area contributed by atoms with Crippen molar-refractivity contribution in [3.63, 3.8) is 0 Å². The van der Waals surface area contributed by atoms with Crippen LogP contribution in [-0.4, -0.2) is 43.4 Å². The summed E-state index contributed by atoms with van der Waals surface area (Å²) < 4.78 is 15.3. The Balaban J connectivity index is 2.27. The van der Waals surface area contributed by atoms with E-state index in [-0.39, 0.29) is 18.5 Å². The van der Waals surface area contributed by atoms with Crippen molar-refractivity contribution in [2.24, 2.45) is 0 Å². The Morgan fingerprint density at radius 2 is 1.91 bits per heavy atom. The highest BCUT2D eigenvalue weighted by Gasteiger charge is 2.36. The number of esters is 2. The summed E-state index contributed by atoms with van der Waals surface area (Å²) in [6, 6.07) is 9.77. The molecule has 0 radical (unpaired) electrons. The fourth-order valence-corrected chi connectivity index (χ4v) is 2.52. The van der Waals surface area contributed by atoms with Crippen molar-refractivity contribution in [1.29, 1.82) is 0 Å². The largest absolute Gasteiger partial charge is 0.469 e. The number of ether oxygens (including phenoxy) is 3. The molecule has 0 N–H and O–H groups in total. The smallest absolute Gasteiger partial charge is 0.332 e. The van der Waals surface area contributed by atoms with Gasteiger partial charge < -0.3 is 19.1 Å². The van der Waals surface area contributed by atoms with Crippen molar-refractivity contribution >= 4 is 11.9 Å². The highest BCUT2D eigenvalue weighted by molar-refractivity contribution is 5.82. The molecule has 6 heteroatoms.